The summed E-state index contributed by atoms with van der Waals surface area (Å²) in [6, 6.07) is 0. The molecule has 0 spiro atoms. The normalized spacial score (nSPS) is 16.1. The maximum atomic E-state index is 11.3. The molecule has 1 aliphatic heterocycles. The van der Waals surface area contributed by atoms with E-state index in [4.69, 9.17) is 9.47 Å². The van der Waals surface area contributed by atoms with Crippen LogP contribution in [0.15, 0.2) is 0 Å². The van der Waals surface area contributed by atoms with E-state index in [0.29, 0.717) is 38.7 Å². The van der Waals surface area contributed by atoms with Gasteiger partial charge in [0.25, 0.3) is 0 Å². The van der Waals surface area contributed by atoms with Crippen LogP contribution < -0.4 is 10.6 Å². The van der Waals surface area contributed by atoms with Gasteiger partial charge in [-0.3, -0.25) is 4.79 Å². The lowest BCUT2D eigenvalue weighted by Gasteiger charge is -2.26. The standard InChI is InChI=1S/C10H20N2O3/c1-14-4-5-15-3-2-12-10(13)6-9-7-11-8-9/h9,11H,2-8H2,1H3,(H,12,13). The van der Waals surface area contributed by atoms with Crippen molar-refractivity contribution in [3.05, 3.63) is 0 Å². The molecule has 0 unspecified atom stereocenters. The lowest BCUT2D eigenvalue weighted by atomic mass is 9.99. The fourth-order valence-corrected chi connectivity index (χ4v) is 1.33. The fraction of sp³-hybridized carbons (Fsp3) is 0.900. The summed E-state index contributed by atoms with van der Waals surface area (Å²) in [7, 11) is 1.64. The van der Waals surface area contributed by atoms with Crippen molar-refractivity contribution in [3.8, 4) is 0 Å². The molecule has 1 heterocycles. The van der Waals surface area contributed by atoms with Crippen LogP contribution in [0.4, 0.5) is 0 Å². The molecule has 0 aromatic rings. The number of carbonyl (C=O) groups is 1. The summed E-state index contributed by atoms with van der Waals surface area (Å²) in [5.41, 5.74) is 0. The Morgan fingerprint density at radius 1 is 1.40 bits per heavy atom. The smallest absolute Gasteiger partial charge is 0.220 e. The first-order valence-electron chi connectivity index (χ1n) is 5.37. The summed E-state index contributed by atoms with van der Waals surface area (Å²) in [4.78, 5) is 11.3. The monoisotopic (exact) mass is 216 g/mol. The van der Waals surface area contributed by atoms with Gasteiger partial charge < -0.3 is 20.1 Å². The Morgan fingerprint density at radius 2 is 2.20 bits per heavy atom. The first-order valence-corrected chi connectivity index (χ1v) is 5.37. The lowest BCUT2D eigenvalue weighted by Crippen LogP contribution is -2.44. The minimum absolute atomic E-state index is 0.122. The highest BCUT2D eigenvalue weighted by molar-refractivity contribution is 5.76. The van der Waals surface area contributed by atoms with Crippen LogP contribution in [0.3, 0.4) is 0 Å². The van der Waals surface area contributed by atoms with Gasteiger partial charge in [0.1, 0.15) is 0 Å². The maximum absolute atomic E-state index is 11.3. The van der Waals surface area contributed by atoms with E-state index in [0.717, 1.165) is 13.1 Å². The number of methoxy groups -OCH3 is 1. The largest absolute Gasteiger partial charge is 0.382 e. The zero-order valence-corrected chi connectivity index (χ0v) is 9.25. The molecule has 15 heavy (non-hydrogen) atoms. The van der Waals surface area contributed by atoms with Crippen molar-refractivity contribution in [2.45, 2.75) is 6.42 Å². The highest BCUT2D eigenvalue weighted by atomic mass is 16.5. The van der Waals surface area contributed by atoms with E-state index in [1.165, 1.54) is 0 Å². The average molecular weight is 216 g/mol. The topological polar surface area (TPSA) is 59.6 Å². The van der Waals surface area contributed by atoms with Crippen LogP contribution in [-0.4, -0.2) is 52.5 Å². The SMILES string of the molecule is COCCOCCNC(=O)CC1CNC1. The molecule has 2 N–H and O–H groups in total. The van der Waals surface area contributed by atoms with Crippen molar-refractivity contribution in [2.24, 2.45) is 5.92 Å². The van der Waals surface area contributed by atoms with Crippen molar-refractivity contribution in [2.75, 3.05) is 46.6 Å². The van der Waals surface area contributed by atoms with Crippen LogP contribution in [0.1, 0.15) is 6.42 Å². The van der Waals surface area contributed by atoms with Crippen LogP contribution in [0.2, 0.25) is 0 Å². The molecule has 1 amide bonds. The molecule has 0 saturated carbocycles. The quantitative estimate of drug-likeness (QED) is 0.531. The number of rotatable bonds is 8. The second-order valence-electron chi connectivity index (χ2n) is 3.68. The molecule has 0 atom stereocenters. The summed E-state index contributed by atoms with van der Waals surface area (Å²) < 4.78 is 10.0. The minimum atomic E-state index is 0.122. The molecule has 0 bridgehead atoms. The van der Waals surface area contributed by atoms with Crippen molar-refractivity contribution >= 4 is 5.91 Å². The van der Waals surface area contributed by atoms with E-state index in [1.54, 1.807) is 7.11 Å². The van der Waals surface area contributed by atoms with Gasteiger partial charge in [-0.1, -0.05) is 0 Å². The molecule has 0 aromatic carbocycles. The Morgan fingerprint density at radius 3 is 2.80 bits per heavy atom. The number of carbonyl (C=O) groups excluding carboxylic acids is 1. The van der Waals surface area contributed by atoms with Gasteiger partial charge in [0.05, 0.1) is 19.8 Å². The van der Waals surface area contributed by atoms with Crippen molar-refractivity contribution in [1.82, 2.24) is 10.6 Å². The summed E-state index contributed by atoms with van der Waals surface area (Å²) >= 11 is 0. The minimum Gasteiger partial charge on any atom is -0.382 e. The fourth-order valence-electron chi connectivity index (χ4n) is 1.33. The average Bonchev–Trinajstić information content (AvgIpc) is 2.17. The number of amides is 1. The zero-order chi connectivity index (χ0) is 10.9. The number of hydrogen-bond donors (Lipinski definition) is 2. The molecule has 0 radical (unpaired) electrons. The predicted molar refractivity (Wildman–Crippen MR) is 56.7 cm³/mol. The van der Waals surface area contributed by atoms with E-state index in [2.05, 4.69) is 10.6 Å². The van der Waals surface area contributed by atoms with Gasteiger partial charge in [0, 0.05) is 20.1 Å². The molecule has 5 heteroatoms. The summed E-state index contributed by atoms with van der Waals surface area (Å²) in [5, 5.41) is 5.96. The van der Waals surface area contributed by atoms with E-state index < -0.39 is 0 Å². The van der Waals surface area contributed by atoms with Gasteiger partial charge in [-0.15, -0.1) is 0 Å². The van der Waals surface area contributed by atoms with E-state index >= 15 is 0 Å². The zero-order valence-electron chi connectivity index (χ0n) is 9.25. The highest BCUT2D eigenvalue weighted by Crippen LogP contribution is 2.06. The summed E-state index contributed by atoms with van der Waals surface area (Å²) in [5.74, 6) is 0.649. The van der Waals surface area contributed by atoms with Crippen LogP contribution in [0.25, 0.3) is 0 Å². The van der Waals surface area contributed by atoms with Gasteiger partial charge in [0.15, 0.2) is 0 Å². The lowest BCUT2D eigenvalue weighted by molar-refractivity contribution is -0.122. The summed E-state index contributed by atoms with van der Waals surface area (Å²) in [6.07, 6.45) is 0.630. The van der Waals surface area contributed by atoms with Crippen molar-refractivity contribution in [1.29, 1.82) is 0 Å². The van der Waals surface area contributed by atoms with Gasteiger partial charge in [-0.2, -0.15) is 0 Å². The first kappa shape index (κ1) is 12.4. The Labute approximate surface area is 90.5 Å². The third-order valence-corrected chi connectivity index (χ3v) is 2.34. The molecular weight excluding hydrogens is 196 g/mol. The second kappa shape index (κ2) is 7.62. The molecule has 0 aliphatic carbocycles. The van der Waals surface area contributed by atoms with E-state index in [-0.39, 0.29) is 5.91 Å². The molecule has 0 aromatic heterocycles. The Bertz CT molecular complexity index is 184. The van der Waals surface area contributed by atoms with Gasteiger partial charge in [-0.05, 0) is 19.0 Å². The van der Waals surface area contributed by atoms with Crippen molar-refractivity contribution < 1.29 is 14.3 Å². The molecule has 1 fully saturated rings. The Balaban J connectivity index is 1.83. The van der Waals surface area contributed by atoms with E-state index in [9.17, 15) is 4.79 Å². The molecule has 1 aliphatic rings. The Kier molecular flexibility index (Phi) is 6.31. The number of nitrogens with one attached hydrogen (secondary N) is 2. The van der Waals surface area contributed by atoms with Crippen LogP contribution in [0, 0.1) is 5.92 Å². The first-order chi connectivity index (χ1) is 7.33. The van der Waals surface area contributed by atoms with Gasteiger partial charge in [-0.25, -0.2) is 0 Å². The molecular formula is C10H20N2O3. The third kappa shape index (κ3) is 5.71. The number of ether oxygens (including phenoxy) is 2. The third-order valence-electron chi connectivity index (χ3n) is 2.34. The number of hydrogen-bond acceptors (Lipinski definition) is 4. The van der Waals surface area contributed by atoms with E-state index in [1.807, 2.05) is 0 Å². The van der Waals surface area contributed by atoms with Crippen LogP contribution >= 0.6 is 0 Å². The van der Waals surface area contributed by atoms with Crippen LogP contribution in [-0.2, 0) is 14.3 Å². The molecule has 1 saturated heterocycles. The second-order valence-corrected chi connectivity index (χ2v) is 3.68. The molecule has 88 valence electrons. The van der Waals surface area contributed by atoms with Crippen molar-refractivity contribution in [3.63, 3.8) is 0 Å². The summed E-state index contributed by atoms with van der Waals surface area (Å²) in [6.45, 7) is 4.26. The highest BCUT2D eigenvalue weighted by Gasteiger charge is 2.19. The molecule has 5 nitrogen and oxygen atoms in total. The predicted octanol–water partition coefficient (Wildman–Crippen LogP) is -0.625. The van der Waals surface area contributed by atoms with Crippen LogP contribution in [0.5, 0.6) is 0 Å². The maximum Gasteiger partial charge on any atom is 0.220 e. The van der Waals surface area contributed by atoms with Gasteiger partial charge in [0.2, 0.25) is 5.91 Å². The van der Waals surface area contributed by atoms with Gasteiger partial charge >= 0.3 is 0 Å². The Hall–Kier alpha value is -0.650. The molecule has 1 rings (SSSR count).